The fraction of sp³-hybridized carbons (Fsp3) is 0.917. The molecule has 2 aliphatic heterocycles. The average molecular weight is 226 g/mol. The normalized spacial score (nSPS) is 28.6. The van der Waals surface area contributed by atoms with Crippen LogP contribution in [-0.2, 0) is 9.53 Å². The van der Waals surface area contributed by atoms with Crippen molar-refractivity contribution < 1.29 is 9.53 Å². The van der Waals surface area contributed by atoms with Gasteiger partial charge in [0.2, 0.25) is 0 Å². The standard InChI is InChI=1S/C12H22N2O2/c1-11(2,3)16-10(15)9-6-12(4-5-14-9)7-13-8-12/h9,13-14H,4-8H2,1-3H3/t9-/m1/s1. The van der Waals surface area contributed by atoms with Crippen LogP contribution in [0.5, 0.6) is 0 Å². The first kappa shape index (κ1) is 11.9. The summed E-state index contributed by atoms with van der Waals surface area (Å²) in [7, 11) is 0. The fourth-order valence-corrected chi connectivity index (χ4v) is 2.46. The summed E-state index contributed by atoms with van der Waals surface area (Å²) in [6.45, 7) is 8.75. The third-order valence-corrected chi connectivity index (χ3v) is 3.37. The van der Waals surface area contributed by atoms with Gasteiger partial charge in [0.25, 0.3) is 0 Å². The zero-order valence-corrected chi connectivity index (χ0v) is 10.4. The summed E-state index contributed by atoms with van der Waals surface area (Å²) in [5.41, 5.74) is -0.0337. The summed E-state index contributed by atoms with van der Waals surface area (Å²) in [6, 6.07) is -0.116. The van der Waals surface area contributed by atoms with Gasteiger partial charge < -0.3 is 15.4 Å². The molecule has 2 fully saturated rings. The second-order valence-electron chi connectivity index (χ2n) is 6.10. The van der Waals surface area contributed by atoms with E-state index in [1.54, 1.807) is 0 Å². The molecule has 2 rings (SSSR count). The molecule has 4 nitrogen and oxygen atoms in total. The Kier molecular flexibility index (Phi) is 2.97. The van der Waals surface area contributed by atoms with Crippen LogP contribution < -0.4 is 10.6 Å². The topological polar surface area (TPSA) is 50.4 Å². The van der Waals surface area contributed by atoms with Gasteiger partial charge in [0.15, 0.2) is 0 Å². The summed E-state index contributed by atoms with van der Waals surface area (Å²) in [5.74, 6) is -0.0986. The average Bonchev–Trinajstić information content (AvgIpc) is 2.13. The van der Waals surface area contributed by atoms with E-state index in [1.807, 2.05) is 20.8 Å². The Morgan fingerprint density at radius 3 is 2.56 bits per heavy atom. The molecule has 0 aliphatic carbocycles. The lowest BCUT2D eigenvalue weighted by atomic mass is 9.71. The largest absolute Gasteiger partial charge is 0.459 e. The Labute approximate surface area is 97.1 Å². The van der Waals surface area contributed by atoms with Crippen LogP contribution in [0.25, 0.3) is 0 Å². The lowest BCUT2D eigenvalue weighted by molar-refractivity contribution is -0.159. The van der Waals surface area contributed by atoms with Crippen molar-refractivity contribution in [1.82, 2.24) is 10.6 Å². The summed E-state index contributed by atoms with van der Waals surface area (Å²) >= 11 is 0. The minimum atomic E-state index is -0.388. The second-order valence-corrected chi connectivity index (χ2v) is 6.10. The van der Waals surface area contributed by atoms with Crippen LogP contribution in [0.4, 0.5) is 0 Å². The van der Waals surface area contributed by atoms with Crippen LogP contribution >= 0.6 is 0 Å². The Balaban J connectivity index is 1.91. The lowest BCUT2D eigenvalue weighted by Crippen LogP contribution is -2.61. The highest BCUT2D eigenvalue weighted by atomic mass is 16.6. The first-order valence-electron chi connectivity index (χ1n) is 6.07. The minimum Gasteiger partial charge on any atom is -0.459 e. The Morgan fingerprint density at radius 2 is 2.06 bits per heavy atom. The Morgan fingerprint density at radius 1 is 1.38 bits per heavy atom. The minimum absolute atomic E-state index is 0.0986. The molecule has 0 saturated carbocycles. The Hall–Kier alpha value is -0.610. The molecule has 2 saturated heterocycles. The summed E-state index contributed by atoms with van der Waals surface area (Å²) in [6.07, 6.45) is 2.08. The molecular formula is C12H22N2O2. The van der Waals surface area contributed by atoms with Gasteiger partial charge in [0.05, 0.1) is 0 Å². The monoisotopic (exact) mass is 226 g/mol. The van der Waals surface area contributed by atoms with E-state index in [1.165, 1.54) is 6.42 Å². The van der Waals surface area contributed by atoms with Gasteiger partial charge in [-0.2, -0.15) is 0 Å². The molecule has 2 N–H and O–H groups in total. The molecule has 0 amide bonds. The second kappa shape index (κ2) is 4.00. The number of rotatable bonds is 1. The smallest absolute Gasteiger partial charge is 0.323 e. The van der Waals surface area contributed by atoms with Crippen LogP contribution in [-0.4, -0.2) is 37.2 Å². The van der Waals surface area contributed by atoms with Gasteiger partial charge in [-0.25, -0.2) is 0 Å². The van der Waals surface area contributed by atoms with Gasteiger partial charge in [0, 0.05) is 13.1 Å². The van der Waals surface area contributed by atoms with Crippen molar-refractivity contribution in [2.24, 2.45) is 5.41 Å². The number of carbonyl (C=O) groups excluding carboxylic acids is 1. The molecule has 0 unspecified atom stereocenters. The van der Waals surface area contributed by atoms with E-state index in [4.69, 9.17) is 4.74 Å². The van der Waals surface area contributed by atoms with Gasteiger partial charge in [-0.05, 0) is 45.6 Å². The third kappa shape index (κ3) is 2.55. The molecule has 92 valence electrons. The van der Waals surface area contributed by atoms with Crippen LogP contribution in [0.15, 0.2) is 0 Å². The third-order valence-electron chi connectivity index (χ3n) is 3.37. The van der Waals surface area contributed by atoms with E-state index in [0.29, 0.717) is 5.41 Å². The van der Waals surface area contributed by atoms with Crippen LogP contribution in [0, 0.1) is 5.41 Å². The number of hydrogen-bond acceptors (Lipinski definition) is 4. The van der Waals surface area contributed by atoms with Crippen LogP contribution in [0.1, 0.15) is 33.6 Å². The maximum Gasteiger partial charge on any atom is 0.323 e. The summed E-state index contributed by atoms with van der Waals surface area (Å²) in [5, 5.41) is 6.56. The highest BCUT2D eigenvalue weighted by molar-refractivity contribution is 5.76. The molecule has 2 aliphatic rings. The summed E-state index contributed by atoms with van der Waals surface area (Å²) < 4.78 is 5.42. The number of piperidine rings is 1. The van der Waals surface area contributed by atoms with Gasteiger partial charge in [-0.15, -0.1) is 0 Å². The van der Waals surface area contributed by atoms with E-state index in [9.17, 15) is 4.79 Å². The summed E-state index contributed by atoms with van der Waals surface area (Å²) in [4.78, 5) is 11.9. The maximum absolute atomic E-state index is 11.9. The first-order valence-corrected chi connectivity index (χ1v) is 6.07. The molecule has 0 aromatic carbocycles. The highest BCUT2D eigenvalue weighted by Crippen LogP contribution is 2.35. The molecule has 2 heterocycles. The van der Waals surface area contributed by atoms with E-state index in [-0.39, 0.29) is 17.6 Å². The fourth-order valence-electron chi connectivity index (χ4n) is 2.46. The van der Waals surface area contributed by atoms with Crippen LogP contribution in [0.3, 0.4) is 0 Å². The van der Waals surface area contributed by atoms with Crippen LogP contribution in [0.2, 0.25) is 0 Å². The predicted octanol–water partition coefficient (Wildman–Crippen LogP) is 0.670. The van der Waals surface area contributed by atoms with E-state index < -0.39 is 0 Å². The number of hydrogen-bond donors (Lipinski definition) is 2. The van der Waals surface area contributed by atoms with Crippen molar-refractivity contribution in [3.63, 3.8) is 0 Å². The van der Waals surface area contributed by atoms with Crippen molar-refractivity contribution in [3.8, 4) is 0 Å². The number of carbonyl (C=O) groups is 1. The molecule has 0 aromatic heterocycles. The molecule has 0 aromatic rings. The Bertz CT molecular complexity index is 279. The van der Waals surface area contributed by atoms with Crippen molar-refractivity contribution in [1.29, 1.82) is 0 Å². The zero-order valence-electron chi connectivity index (χ0n) is 10.4. The maximum atomic E-state index is 11.9. The number of nitrogens with one attached hydrogen (secondary N) is 2. The highest BCUT2D eigenvalue weighted by Gasteiger charge is 2.43. The molecule has 0 radical (unpaired) electrons. The lowest BCUT2D eigenvalue weighted by Gasteiger charge is -2.48. The SMILES string of the molecule is CC(C)(C)OC(=O)[C@H]1CC2(CCN1)CNC2. The molecular weight excluding hydrogens is 204 g/mol. The predicted molar refractivity (Wildman–Crippen MR) is 62.2 cm³/mol. The van der Waals surface area contributed by atoms with Gasteiger partial charge >= 0.3 is 5.97 Å². The quantitative estimate of drug-likeness (QED) is 0.645. The number of esters is 1. The van der Waals surface area contributed by atoms with Gasteiger partial charge in [-0.3, -0.25) is 4.79 Å². The van der Waals surface area contributed by atoms with Crippen molar-refractivity contribution in [2.45, 2.75) is 45.3 Å². The van der Waals surface area contributed by atoms with Gasteiger partial charge in [0.1, 0.15) is 11.6 Å². The molecule has 1 spiro atoms. The van der Waals surface area contributed by atoms with E-state index in [2.05, 4.69) is 10.6 Å². The van der Waals surface area contributed by atoms with Crippen molar-refractivity contribution >= 4 is 5.97 Å². The molecule has 0 bridgehead atoms. The number of ether oxygens (including phenoxy) is 1. The molecule has 1 atom stereocenters. The van der Waals surface area contributed by atoms with E-state index in [0.717, 1.165) is 26.1 Å². The molecule has 16 heavy (non-hydrogen) atoms. The van der Waals surface area contributed by atoms with Crippen molar-refractivity contribution in [3.05, 3.63) is 0 Å². The zero-order chi connectivity index (χ0) is 11.8. The first-order chi connectivity index (χ1) is 7.40. The van der Waals surface area contributed by atoms with E-state index >= 15 is 0 Å². The van der Waals surface area contributed by atoms with Gasteiger partial charge in [-0.1, -0.05) is 0 Å². The van der Waals surface area contributed by atoms with Crippen molar-refractivity contribution in [2.75, 3.05) is 19.6 Å². The molecule has 4 heteroatoms.